The summed E-state index contributed by atoms with van der Waals surface area (Å²) in [7, 11) is 1.60. The fraction of sp³-hybridized carbons (Fsp3) is 0.400. The molecule has 2 N–H and O–H groups in total. The highest BCUT2D eigenvalue weighted by Crippen LogP contribution is 2.04. The average Bonchev–Trinajstić information content (AvgIpc) is 2.05. The molecule has 0 aromatic rings. The van der Waals surface area contributed by atoms with Crippen molar-refractivity contribution < 1.29 is 4.74 Å². The normalized spacial score (nSPS) is 13.3. The number of nitrogens with two attached hydrogens (primary N) is 1. The third-order valence-corrected chi connectivity index (χ3v) is 1.54. The molecule has 0 bridgehead atoms. The summed E-state index contributed by atoms with van der Waals surface area (Å²) in [6, 6.07) is 0. The fourth-order valence-electron chi connectivity index (χ4n) is 0.590. The summed E-state index contributed by atoms with van der Waals surface area (Å²) in [5.41, 5.74) is 6.54. The van der Waals surface area contributed by atoms with Crippen LogP contribution in [0.1, 0.15) is 13.8 Å². The maximum absolute atomic E-state index is 5.70. The standard InChI is InChI=1S/C10H17NO/c1-5-9(12-4)6-7-10(11)8(2)3/h5-8H,1,11H2,2-4H3/b9-6+,10-7-. The van der Waals surface area contributed by atoms with Gasteiger partial charge in [-0.3, -0.25) is 0 Å². The molecule has 2 heteroatoms. The summed E-state index contributed by atoms with van der Waals surface area (Å²) >= 11 is 0. The zero-order valence-corrected chi connectivity index (χ0v) is 8.00. The van der Waals surface area contributed by atoms with E-state index in [1.54, 1.807) is 13.2 Å². The molecule has 0 aromatic heterocycles. The maximum atomic E-state index is 5.70. The molecule has 68 valence electrons. The second-order valence-electron chi connectivity index (χ2n) is 2.80. The lowest BCUT2D eigenvalue weighted by Crippen LogP contribution is -2.03. The molecule has 0 unspecified atom stereocenters. The molecule has 0 fully saturated rings. The van der Waals surface area contributed by atoms with Crippen molar-refractivity contribution in [2.75, 3.05) is 7.11 Å². The second kappa shape index (κ2) is 5.47. The summed E-state index contributed by atoms with van der Waals surface area (Å²) in [5, 5.41) is 0. The summed E-state index contributed by atoms with van der Waals surface area (Å²) in [4.78, 5) is 0. The third-order valence-electron chi connectivity index (χ3n) is 1.54. The molecule has 0 rings (SSSR count). The Bertz CT molecular complexity index is 202. The van der Waals surface area contributed by atoms with Crippen LogP contribution in [-0.4, -0.2) is 7.11 Å². The molecule has 2 nitrogen and oxygen atoms in total. The molecule has 0 aliphatic heterocycles. The van der Waals surface area contributed by atoms with Crippen LogP contribution in [0, 0.1) is 5.92 Å². The van der Waals surface area contributed by atoms with Gasteiger partial charge in [-0.25, -0.2) is 0 Å². The first-order chi connectivity index (χ1) is 5.61. The van der Waals surface area contributed by atoms with E-state index in [0.717, 1.165) is 11.5 Å². The molecule has 0 aliphatic carbocycles. The molecular weight excluding hydrogens is 150 g/mol. The zero-order chi connectivity index (χ0) is 9.56. The number of allylic oxidation sites excluding steroid dienone is 4. The molecule has 0 saturated carbocycles. The highest BCUT2D eigenvalue weighted by molar-refractivity contribution is 5.19. The quantitative estimate of drug-likeness (QED) is 0.514. The molecule has 0 atom stereocenters. The van der Waals surface area contributed by atoms with Crippen molar-refractivity contribution in [3.63, 3.8) is 0 Å². The molecule has 0 saturated heterocycles. The predicted molar refractivity (Wildman–Crippen MR) is 52.4 cm³/mol. The van der Waals surface area contributed by atoms with E-state index in [-0.39, 0.29) is 0 Å². The SMILES string of the molecule is C=C/C(=C\C=C(/N)C(C)C)OC. The molecular formula is C10H17NO. The Hall–Kier alpha value is -1.18. The topological polar surface area (TPSA) is 35.2 Å². The Kier molecular flexibility index (Phi) is 4.93. The van der Waals surface area contributed by atoms with Crippen LogP contribution in [0.4, 0.5) is 0 Å². The van der Waals surface area contributed by atoms with Crippen LogP contribution >= 0.6 is 0 Å². The van der Waals surface area contributed by atoms with Crippen molar-refractivity contribution >= 4 is 0 Å². The lowest BCUT2D eigenvalue weighted by Gasteiger charge is -2.03. The fourth-order valence-corrected chi connectivity index (χ4v) is 0.590. The summed E-state index contributed by atoms with van der Waals surface area (Å²) in [5.74, 6) is 1.09. The molecule has 0 amide bonds. The molecule has 12 heavy (non-hydrogen) atoms. The lowest BCUT2D eigenvalue weighted by molar-refractivity contribution is 0.307. The van der Waals surface area contributed by atoms with E-state index in [1.807, 2.05) is 26.0 Å². The molecule has 0 aromatic carbocycles. The van der Waals surface area contributed by atoms with Crippen LogP contribution < -0.4 is 5.73 Å². The van der Waals surface area contributed by atoms with Gasteiger partial charge in [-0.15, -0.1) is 0 Å². The van der Waals surface area contributed by atoms with Gasteiger partial charge in [0.25, 0.3) is 0 Å². The Balaban J connectivity index is 4.34. The Morgan fingerprint density at radius 2 is 2.00 bits per heavy atom. The van der Waals surface area contributed by atoms with Gasteiger partial charge in [0.15, 0.2) is 0 Å². The van der Waals surface area contributed by atoms with Crippen molar-refractivity contribution in [1.29, 1.82) is 0 Å². The van der Waals surface area contributed by atoms with Gasteiger partial charge in [0.2, 0.25) is 0 Å². The predicted octanol–water partition coefficient (Wildman–Crippen LogP) is 2.20. The van der Waals surface area contributed by atoms with Crippen LogP contribution in [0.2, 0.25) is 0 Å². The monoisotopic (exact) mass is 167 g/mol. The molecule has 0 aliphatic rings. The van der Waals surface area contributed by atoms with Gasteiger partial charge in [0, 0.05) is 5.70 Å². The van der Waals surface area contributed by atoms with Crippen molar-refractivity contribution in [3.8, 4) is 0 Å². The summed E-state index contributed by atoms with van der Waals surface area (Å²) in [6.07, 6.45) is 5.29. The van der Waals surface area contributed by atoms with Crippen LogP contribution in [0.5, 0.6) is 0 Å². The Labute approximate surface area is 74.4 Å². The van der Waals surface area contributed by atoms with E-state index in [1.165, 1.54) is 0 Å². The van der Waals surface area contributed by atoms with Crippen molar-refractivity contribution in [2.45, 2.75) is 13.8 Å². The van der Waals surface area contributed by atoms with E-state index in [4.69, 9.17) is 10.5 Å². The van der Waals surface area contributed by atoms with Gasteiger partial charge < -0.3 is 10.5 Å². The van der Waals surface area contributed by atoms with Gasteiger partial charge >= 0.3 is 0 Å². The smallest absolute Gasteiger partial charge is 0.118 e. The third kappa shape index (κ3) is 3.86. The van der Waals surface area contributed by atoms with Crippen LogP contribution in [0.25, 0.3) is 0 Å². The van der Waals surface area contributed by atoms with Crippen LogP contribution in [-0.2, 0) is 4.74 Å². The van der Waals surface area contributed by atoms with E-state index in [9.17, 15) is 0 Å². The van der Waals surface area contributed by atoms with E-state index in [0.29, 0.717) is 5.92 Å². The first-order valence-corrected chi connectivity index (χ1v) is 3.95. The molecule has 0 heterocycles. The zero-order valence-electron chi connectivity index (χ0n) is 8.00. The van der Waals surface area contributed by atoms with Crippen LogP contribution in [0.3, 0.4) is 0 Å². The number of rotatable bonds is 4. The van der Waals surface area contributed by atoms with Crippen molar-refractivity contribution in [3.05, 3.63) is 36.3 Å². The van der Waals surface area contributed by atoms with Gasteiger partial charge in [0.05, 0.1) is 7.11 Å². The largest absolute Gasteiger partial charge is 0.497 e. The minimum atomic E-state index is 0.365. The van der Waals surface area contributed by atoms with Gasteiger partial charge in [-0.05, 0) is 24.1 Å². The van der Waals surface area contributed by atoms with E-state index in [2.05, 4.69) is 6.58 Å². The highest BCUT2D eigenvalue weighted by Gasteiger charge is 1.94. The first kappa shape index (κ1) is 10.8. The number of hydrogen-bond acceptors (Lipinski definition) is 2. The van der Waals surface area contributed by atoms with Crippen molar-refractivity contribution in [1.82, 2.24) is 0 Å². The maximum Gasteiger partial charge on any atom is 0.118 e. The molecule has 0 radical (unpaired) electrons. The van der Waals surface area contributed by atoms with Gasteiger partial charge in [-0.2, -0.15) is 0 Å². The second-order valence-corrected chi connectivity index (χ2v) is 2.80. The minimum absolute atomic E-state index is 0.365. The lowest BCUT2D eigenvalue weighted by atomic mass is 10.1. The highest BCUT2D eigenvalue weighted by atomic mass is 16.5. The van der Waals surface area contributed by atoms with E-state index < -0.39 is 0 Å². The number of hydrogen-bond donors (Lipinski definition) is 1. The Morgan fingerprint density at radius 3 is 2.33 bits per heavy atom. The van der Waals surface area contributed by atoms with Crippen LogP contribution in [0.15, 0.2) is 36.3 Å². The van der Waals surface area contributed by atoms with Gasteiger partial charge in [-0.1, -0.05) is 20.4 Å². The van der Waals surface area contributed by atoms with E-state index >= 15 is 0 Å². The van der Waals surface area contributed by atoms with Crippen molar-refractivity contribution in [2.24, 2.45) is 11.7 Å². The first-order valence-electron chi connectivity index (χ1n) is 3.95. The minimum Gasteiger partial charge on any atom is -0.497 e. The number of ether oxygens (including phenoxy) is 1. The molecule has 0 spiro atoms. The van der Waals surface area contributed by atoms with Gasteiger partial charge in [0.1, 0.15) is 5.76 Å². The average molecular weight is 167 g/mol. The Morgan fingerprint density at radius 1 is 1.42 bits per heavy atom. The summed E-state index contributed by atoms with van der Waals surface area (Å²) < 4.78 is 4.97. The summed E-state index contributed by atoms with van der Waals surface area (Å²) in [6.45, 7) is 7.67. The number of methoxy groups -OCH3 is 1.